The molecule has 0 spiro atoms. The number of nitrogens with one attached hydrogen (secondary N) is 1. The predicted molar refractivity (Wildman–Crippen MR) is 71.8 cm³/mol. The molecule has 4 heteroatoms. The van der Waals surface area contributed by atoms with E-state index in [0.29, 0.717) is 17.0 Å². The number of carbonyl (C=O) groups is 1. The second-order valence-corrected chi connectivity index (χ2v) is 4.98. The zero-order valence-electron chi connectivity index (χ0n) is 11.9. The molecule has 1 rings (SSSR count). The topological polar surface area (TPSA) is 55.1 Å². The van der Waals surface area contributed by atoms with Gasteiger partial charge in [-0.15, -0.1) is 0 Å². The Morgan fingerprint density at radius 1 is 1.33 bits per heavy atom. The molecule has 0 aliphatic heterocycles. The molecule has 4 nitrogen and oxygen atoms in total. The largest absolute Gasteiger partial charge is 0.360 e. The van der Waals surface area contributed by atoms with Gasteiger partial charge < -0.3 is 9.84 Å². The maximum atomic E-state index is 12.1. The van der Waals surface area contributed by atoms with Crippen LogP contribution in [0.3, 0.4) is 0 Å². The van der Waals surface area contributed by atoms with Crippen molar-refractivity contribution in [1.29, 1.82) is 0 Å². The zero-order valence-corrected chi connectivity index (χ0v) is 11.9. The number of unbranched alkanes of at least 4 members (excludes halogenated alkanes) is 3. The Hall–Kier alpha value is -1.32. The number of hydrogen-bond acceptors (Lipinski definition) is 3. The van der Waals surface area contributed by atoms with Gasteiger partial charge in [-0.25, -0.2) is 0 Å². The smallest absolute Gasteiger partial charge is 0.256 e. The quantitative estimate of drug-likeness (QED) is 0.756. The summed E-state index contributed by atoms with van der Waals surface area (Å²) in [7, 11) is 0. The standard InChI is InChI=1S/C14H24N2O2/c1-5-6-7-8-9-15-14(17)12-11(4)16-18-13(12)10(2)3/h10H,5-9H2,1-4H3,(H,15,17). The zero-order chi connectivity index (χ0) is 13.5. The lowest BCUT2D eigenvalue weighted by atomic mass is 10.0. The SMILES string of the molecule is CCCCCCNC(=O)c1c(C)noc1C(C)C. The third kappa shape index (κ3) is 3.86. The molecule has 0 radical (unpaired) electrons. The first-order chi connectivity index (χ1) is 8.57. The van der Waals surface area contributed by atoms with E-state index in [-0.39, 0.29) is 11.8 Å². The van der Waals surface area contributed by atoms with Gasteiger partial charge in [0.1, 0.15) is 5.56 Å². The van der Waals surface area contributed by atoms with Gasteiger partial charge in [-0.05, 0) is 13.3 Å². The second kappa shape index (κ2) is 7.19. The highest BCUT2D eigenvalue weighted by molar-refractivity contribution is 5.96. The molecule has 0 unspecified atom stereocenters. The highest BCUT2D eigenvalue weighted by Crippen LogP contribution is 2.21. The lowest BCUT2D eigenvalue weighted by Gasteiger charge is -2.06. The Labute approximate surface area is 109 Å². The van der Waals surface area contributed by atoms with Crippen LogP contribution in [0.1, 0.15) is 74.2 Å². The first-order valence-corrected chi connectivity index (χ1v) is 6.82. The normalized spacial score (nSPS) is 10.9. The first kappa shape index (κ1) is 14.7. The number of carbonyl (C=O) groups excluding carboxylic acids is 1. The first-order valence-electron chi connectivity index (χ1n) is 6.82. The monoisotopic (exact) mass is 252 g/mol. The molecule has 1 aromatic rings. The van der Waals surface area contributed by atoms with Crippen LogP contribution in [0.2, 0.25) is 0 Å². The van der Waals surface area contributed by atoms with E-state index in [4.69, 9.17) is 4.52 Å². The van der Waals surface area contributed by atoms with Crippen molar-refractivity contribution in [3.63, 3.8) is 0 Å². The van der Waals surface area contributed by atoms with Crippen LogP contribution in [-0.2, 0) is 0 Å². The van der Waals surface area contributed by atoms with Crippen LogP contribution in [0, 0.1) is 6.92 Å². The highest BCUT2D eigenvalue weighted by Gasteiger charge is 2.21. The third-order valence-electron chi connectivity index (χ3n) is 2.96. The van der Waals surface area contributed by atoms with Gasteiger partial charge in [-0.3, -0.25) is 4.79 Å². The van der Waals surface area contributed by atoms with E-state index >= 15 is 0 Å². The van der Waals surface area contributed by atoms with Crippen LogP contribution in [-0.4, -0.2) is 17.6 Å². The molecule has 1 heterocycles. The minimum atomic E-state index is -0.0612. The molecule has 1 amide bonds. The molecule has 1 N–H and O–H groups in total. The number of hydrogen-bond donors (Lipinski definition) is 1. The van der Waals surface area contributed by atoms with Crippen molar-refractivity contribution in [2.45, 2.75) is 59.3 Å². The average molecular weight is 252 g/mol. The van der Waals surface area contributed by atoms with Crippen LogP contribution in [0.15, 0.2) is 4.52 Å². The molecule has 0 bridgehead atoms. The van der Waals surface area contributed by atoms with Crippen molar-refractivity contribution in [1.82, 2.24) is 10.5 Å². The Morgan fingerprint density at radius 2 is 2.06 bits per heavy atom. The van der Waals surface area contributed by atoms with Crippen molar-refractivity contribution in [2.24, 2.45) is 0 Å². The van der Waals surface area contributed by atoms with Crippen molar-refractivity contribution in [3.05, 3.63) is 17.0 Å². The van der Waals surface area contributed by atoms with E-state index in [2.05, 4.69) is 17.4 Å². The maximum absolute atomic E-state index is 12.1. The van der Waals surface area contributed by atoms with Crippen molar-refractivity contribution in [2.75, 3.05) is 6.54 Å². The summed E-state index contributed by atoms with van der Waals surface area (Å²) in [4.78, 5) is 12.1. The Morgan fingerprint density at radius 3 is 2.67 bits per heavy atom. The summed E-state index contributed by atoms with van der Waals surface area (Å²) < 4.78 is 5.21. The number of rotatable bonds is 7. The molecule has 0 saturated carbocycles. The van der Waals surface area contributed by atoms with E-state index in [1.54, 1.807) is 6.92 Å². The van der Waals surface area contributed by atoms with Gasteiger partial charge >= 0.3 is 0 Å². The number of amides is 1. The predicted octanol–water partition coefficient (Wildman–Crippen LogP) is 3.42. The summed E-state index contributed by atoms with van der Waals surface area (Å²) in [6, 6.07) is 0. The molecular formula is C14H24N2O2. The highest BCUT2D eigenvalue weighted by atomic mass is 16.5. The summed E-state index contributed by atoms with van der Waals surface area (Å²) in [5, 5.41) is 6.82. The average Bonchev–Trinajstić information content (AvgIpc) is 2.71. The molecule has 18 heavy (non-hydrogen) atoms. The number of aryl methyl sites for hydroxylation is 1. The van der Waals surface area contributed by atoms with E-state index < -0.39 is 0 Å². The van der Waals surface area contributed by atoms with Gasteiger partial charge in [-0.2, -0.15) is 0 Å². The number of nitrogens with zero attached hydrogens (tertiary/aromatic N) is 1. The minimum absolute atomic E-state index is 0.0612. The van der Waals surface area contributed by atoms with Crippen molar-refractivity contribution in [3.8, 4) is 0 Å². The number of aromatic nitrogens is 1. The van der Waals surface area contributed by atoms with Gasteiger partial charge in [0.05, 0.1) is 5.69 Å². The minimum Gasteiger partial charge on any atom is -0.360 e. The molecule has 0 aliphatic carbocycles. The van der Waals surface area contributed by atoms with Gasteiger partial charge in [0.15, 0.2) is 5.76 Å². The molecule has 0 atom stereocenters. The molecule has 0 aliphatic rings. The Bertz CT molecular complexity index is 383. The van der Waals surface area contributed by atoms with Gasteiger partial charge in [0, 0.05) is 12.5 Å². The lowest BCUT2D eigenvalue weighted by molar-refractivity contribution is 0.0950. The van der Waals surface area contributed by atoms with E-state index in [0.717, 1.165) is 19.4 Å². The van der Waals surface area contributed by atoms with Crippen LogP contribution in [0.4, 0.5) is 0 Å². The summed E-state index contributed by atoms with van der Waals surface area (Å²) in [6.07, 6.45) is 4.62. The summed E-state index contributed by atoms with van der Waals surface area (Å²) in [5.74, 6) is 0.791. The Balaban J connectivity index is 2.53. The summed E-state index contributed by atoms with van der Waals surface area (Å²) in [5.41, 5.74) is 1.28. The van der Waals surface area contributed by atoms with Gasteiger partial charge in [0.25, 0.3) is 5.91 Å². The fraction of sp³-hybridized carbons (Fsp3) is 0.714. The molecule has 1 aromatic heterocycles. The third-order valence-corrected chi connectivity index (χ3v) is 2.96. The molecule has 0 aromatic carbocycles. The second-order valence-electron chi connectivity index (χ2n) is 4.98. The van der Waals surface area contributed by atoms with Gasteiger partial charge in [-0.1, -0.05) is 45.2 Å². The van der Waals surface area contributed by atoms with Crippen LogP contribution >= 0.6 is 0 Å². The molecular weight excluding hydrogens is 228 g/mol. The fourth-order valence-corrected chi connectivity index (χ4v) is 1.90. The van der Waals surface area contributed by atoms with Gasteiger partial charge in [0.2, 0.25) is 0 Å². The van der Waals surface area contributed by atoms with E-state index in [9.17, 15) is 4.79 Å². The molecule has 102 valence electrons. The van der Waals surface area contributed by atoms with Crippen LogP contribution in [0.5, 0.6) is 0 Å². The maximum Gasteiger partial charge on any atom is 0.256 e. The summed E-state index contributed by atoms with van der Waals surface area (Å²) in [6.45, 7) is 8.70. The fourth-order valence-electron chi connectivity index (χ4n) is 1.90. The van der Waals surface area contributed by atoms with Crippen LogP contribution < -0.4 is 5.32 Å². The van der Waals surface area contributed by atoms with Crippen molar-refractivity contribution >= 4 is 5.91 Å². The van der Waals surface area contributed by atoms with Crippen molar-refractivity contribution < 1.29 is 9.32 Å². The van der Waals surface area contributed by atoms with E-state index in [1.165, 1.54) is 12.8 Å². The molecule has 0 saturated heterocycles. The lowest BCUT2D eigenvalue weighted by Crippen LogP contribution is -2.25. The summed E-state index contributed by atoms with van der Waals surface area (Å²) >= 11 is 0. The Kier molecular flexibility index (Phi) is 5.89. The van der Waals surface area contributed by atoms with Crippen LogP contribution in [0.25, 0.3) is 0 Å². The van der Waals surface area contributed by atoms with E-state index in [1.807, 2.05) is 13.8 Å². The molecule has 0 fully saturated rings.